The zero-order valence-electron chi connectivity index (χ0n) is 13.8. The number of rotatable bonds is 5. The first-order valence-corrected chi connectivity index (χ1v) is 8.17. The normalized spacial score (nSPS) is 14.0. The SMILES string of the molecule is O=C(COc1ccccc1)Nc1ccc(C(=O)N2CCOCC2)cc1. The van der Waals surface area contributed by atoms with Gasteiger partial charge in [0.25, 0.3) is 11.8 Å². The summed E-state index contributed by atoms with van der Waals surface area (Å²) < 4.78 is 10.6. The van der Waals surface area contributed by atoms with Crippen molar-refractivity contribution in [2.75, 3.05) is 38.2 Å². The fourth-order valence-electron chi connectivity index (χ4n) is 2.51. The number of morpholine rings is 1. The van der Waals surface area contributed by atoms with E-state index in [1.165, 1.54) is 0 Å². The molecule has 2 aromatic carbocycles. The van der Waals surface area contributed by atoms with Crippen LogP contribution in [-0.4, -0.2) is 49.6 Å². The number of hydrogen-bond donors (Lipinski definition) is 1. The molecule has 0 bridgehead atoms. The van der Waals surface area contributed by atoms with Crippen molar-refractivity contribution < 1.29 is 19.1 Å². The van der Waals surface area contributed by atoms with Gasteiger partial charge in [0.2, 0.25) is 0 Å². The summed E-state index contributed by atoms with van der Waals surface area (Å²) in [5.74, 6) is 0.369. The molecule has 25 heavy (non-hydrogen) atoms. The maximum absolute atomic E-state index is 12.4. The van der Waals surface area contributed by atoms with Crippen LogP contribution in [0.3, 0.4) is 0 Å². The maximum atomic E-state index is 12.4. The van der Waals surface area contributed by atoms with Gasteiger partial charge in [-0.05, 0) is 36.4 Å². The number of amides is 2. The molecule has 1 aliphatic heterocycles. The molecular weight excluding hydrogens is 320 g/mol. The van der Waals surface area contributed by atoms with Gasteiger partial charge in [-0.3, -0.25) is 9.59 Å². The van der Waals surface area contributed by atoms with Gasteiger partial charge in [-0.1, -0.05) is 18.2 Å². The van der Waals surface area contributed by atoms with Crippen LogP contribution in [0.5, 0.6) is 5.75 Å². The van der Waals surface area contributed by atoms with Crippen LogP contribution in [0.15, 0.2) is 54.6 Å². The van der Waals surface area contributed by atoms with Gasteiger partial charge in [-0.2, -0.15) is 0 Å². The summed E-state index contributed by atoms with van der Waals surface area (Å²) in [5.41, 5.74) is 1.22. The molecule has 3 rings (SSSR count). The summed E-state index contributed by atoms with van der Waals surface area (Å²) in [6.07, 6.45) is 0. The summed E-state index contributed by atoms with van der Waals surface area (Å²) in [4.78, 5) is 26.1. The molecule has 6 nitrogen and oxygen atoms in total. The Morgan fingerprint density at radius 3 is 2.36 bits per heavy atom. The standard InChI is InChI=1S/C19H20N2O4/c22-18(14-25-17-4-2-1-3-5-17)20-16-8-6-15(7-9-16)19(23)21-10-12-24-13-11-21/h1-9H,10-14H2,(H,20,22). The van der Waals surface area contributed by atoms with Crippen molar-refractivity contribution in [3.8, 4) is 5.75 Å². The predicted octanol–water partition coefficient (Wildman–Crippen LogP) is 2.18. The number of anilines is 1. The topological polar surface area (TPSA) is 67.9 Å². The molecule has 0 atom stereocenters. The van der Waals surface area contributed by atoms with Gasteiger partial charge in [-0.25, -0.2) is 0 Å². The number of nitrogens with zero attached hydrogens (tertiary/aromatic N) is 1. The molecule has 0 aromatic heterocycles. The highest BCUT2D eigenvalue weighted by Gasteiger charge is 2.18. The highest BCUT2D eigenvalue weighted by Crippen LogP contribution is 2.13. The second-order valence-electron chi connectivity index (χ2n) is 5.63. The first kappa shape index (κ1) is 17.0. The summed E-state index contributed by atoms with van der Waals surface area (Å²) in [6, 6.07) is 16.0. The Hall–Kier alpha value is -2.86. The average molecular weight is 340 g/mol. The van der Waals surface area contributed by atoms with Gasteiger partial charge < -0.3 is 19.7 Å². The minimum atomic E-state index is -0.254. The quantitative estimate of drug-likeness (QED) is 0.906. The summed E-state index contributed by atoms with van der Waals surface area (Å²) in [7, 11) is 0. The lowest BCUT2D eigenvalue weighted by Crippen LogP contribution is -2.40. The van der Waals surface area contributed by atoms with Crippen molar-refractivity contribution >= 4 is 17.5 Å². The van der Waals surface area contributed by atoms with Crippen molar-refractivity contribution in [2.24, 2.45) is 0 Å². The van der Waals surface area contributed by atoms with E-state index < -0.39 is 0 Å². The Kier molecular flexibility index (Phi) is 5.64. The summed E-state index contributed by atoms with van der Waals surface area (Å²) >= 11 is 0. The molecule has 0 radical (unpaired) electrons. The molecule has 0 aliphatic carbocycles. The fraction of sp³-hybridized carbons (Fsp3) is 0.263. The Morgan fingerprint density at radius 2 is 1.68 bits per heavy atom. The van der Waals surface area contributed by atoms with Crippen molar-refractivity contribution in [3.63, 3.8) is 0 Å². The van der Waals surface area contributed by atoms with Crippen molar-refractivity contribution in [2.45, 2.75) is 0 Å². The molecule has 0 saturated carbocycles. The lowest BCUT2D eigenvalue weighted by atomic mass is 10.1. The third kappa shape index (κ3) is 4.81. The smallest absolute Gasteiger partial charge is 0.262 e. The van der Waals surface area contributed by atoms with Gasteiger partial charge >= 0.3 is 0 Å². The molecule has 2 amide bonds. The minimum Gasteiger partial charge on any atom is -0.484 e. The molecule has 1 fully saturated rings. The molecule has 1 N–H and O–H groups in total. The van der Waals surface area contributed by atoms with Crippen molar-refractivity contribution in [1.82, 2.24) is 4.90 Å². The van der Waals surface area contributed by atoms with E-state index in [-0.39, 0.29) is 18.4 Å². The van der Waals surface area contributed by atoms with Crippen molar-refractivity contribution in [1.29, 1.82) is 0 Å². The summed E-state index contributed by atoms with van der Waals surface area (Å²) in [6.45, 7) is 2.28. The maximum Gasteiger partial charge on any atom is 0.262 e. The van der Waals surface area contributed by atoms with Crippen LogP contribution in [-0.2, 0) is 9.53 Å². The van der Waals surface area contributed by atoms with Crippen LogP contribution < -0.4 is 10.1 Å². The summed E-state index contributed by atoms with van der Waals surface area (Å²) in [5, 5.41) is 2.75. The first-order chi connectivity index (χ1) is 12.2. The number of carbonyl (C=O) groups is 2. The highest BCUT2D eigenvalue weighted by atomic mass is 16.5. The predicted molar refractivity (Wildman–Crippen MR) is 93.7 cm³/mol. The Labute approximate surface area is 146 Å². The molecule has 6 heteroatoms. The van der Waals surface area contributed by atoms with Gasteiger partial charge in [-0.15, -0.1) is 0 Å². The molecule has 0 unspecified atom stereocenters. The fourth-order valence-corrected chi connectivity index (χ4v) is 2.51. The number of hydrogen-bond acceptors (Lipinski definition) is 4. The zero-order valence-corrected chi connectivity index (χ0v) is 13.8. The van der Waals surface area contributed by atoms with E-state index in [1.807, 2.05) is 18.2 Å². The second kappa shape index (κ2) is 8.30. The van der Waals surface area contributed by atoms with Crippen LogP contribution in [0.1, 0.15) is 10.4 Å². The lowest BCUT2D eigenvalue weighted by Gasteiger charge is -2.26. The van der Waals surface area contributed by atoms with E-state index in [9.17, 15) is 9.59 Å². The Balaban J connectivity index is 1.51. The lowest BCUT2D eigenvalue weighted by molar-refractivity contribution is -0.118. The van der Waals surface area contributed by atoms with E-state index in [1.54, 1.807) is 41.3 Å². The second-order valence-corrected chi connectivity index (χ2v) is 5.63. The molecule has 1 heterocycles. The van der Waals surface area contributed by atoms with Gasteiger partial charge in [0.05, 0.1) is 13.2 Å². The third-order valence-corrected chi connectivity index (χ3v) is 3.83. The molecule has 1 aliphatic rings. The van der Waals surface area contributed by atoms with Crippen LogP contribution >= 0.6 is 0 Å². The van der Waals surface area contributed by atoms with Crippen LogP contribution in [0.2, 0.25) is 0 Å². The number of carbonyl (C=O) groups excluding carboxylic acids is 2. The zero-order chi connectivity index (χ0) is 17.5. The molecule has 130 valence electrons. The van der Waals surface area contributed by atoms with Crippen LogP contribution in [0, 0.1) is 0 Å². The Bertz CT molecular complexity index is 710. The van der Waals surface area contributed by atoms with Crippen molar-refractivity contribution in [3.05, 3.63) is 60.2 Å². The van der Waals surface area contributed by atoms with E-state index >= 15 is 0 Å². The minimum absolute atomic E-state index is 0.0198. The van der Waals surface area contributed by atoms with Crippen LogP contribution in [0.4, 0.5) is 5.69 Å². The number of benzene rings is 2. The van der Waals surface area contributed by atoms with Gasteiger partial charge in [0.1, 0.15) is 5.75 Å². The third-order valence-electron chi connectivity index (χ3n) is 3.83. The monoisotopic (exact) mass is 340 g/mol. The van der Waals surface area contributed by atoms with E-state index in [4.69, 9.17) is 9.47 Å². The largest absolute Gasteiger partial charge is 0.484 e. The van der Waals surface area contributed by atoms with Gasteiger partial charge in [0, 0.05) is 24.3 Å². The molecule has 2 aromatic rings. The first-order valence-electron chi connectivity index (χ1n) is 8.17. The molecular formula is C19H20N2O4. The van der Waals surface area contributed by atoms with E-state index in [0.29, 0.717) is 43.3 Å². The number of nitrogens with one attached hydrogen (secondary N) is 1. The molecule has 0 spiro atoms. The Morgan fingerprint density at radius 1 is 1.00 bits per heavy atom. The van der Waals surface area contributed by atoms with E-state index in [2.05, 4.69) is 5.32 Å². The molecule has 1 saturated heterocycles. The highest BCUT2D eigenvalue weighted by molar-refractivity contribution is 5.96. The average Bonchev–Trinajstić information content (AvgIpc) is 2.68. The van der Waals surface area contributed by atoms with E-state index in [0.717, 1.165) is 0 Å². The van der Waals surface area contributed by atoms with Crippen LogP contribution in [0.25, 0.3) is 0 Å². The number of ether oxygens (including phenoxy) is 2. The van der Waals surface area contributed by atoms with Gasteiger partial charge in [0.15, 0.2) is 6.61 Å². The number of para-hydroxylation sites is 1.